The normalized spacial score (nSPS) is 11.2. The monoisotopic (exact) mass is 381 g/mol. The molecule has 0 saturated carbocycles. The number of hydrogen-bond donors (Lipinski definition) is 2. The number of carboxylic acid groups (broad SMARTS) is 1. The molecule has 6 heteroatoms. The van der Waals surface area contributed by atoms with Gasteiger partial charge in [-0.15, -0.1) is 11.3 Å². The molecule has 22 heavy (non-hydrogen) atoms. The number of benzene rings is 1. The van der Waals surface area contributed by atoms with Crippen molar-refractivity contribution in [2.75, 3.05) is 5.32 Å². The van der Waals surface area contributed by atoms with E-state index in [1.807, 2.05) is 12.1 Å². The van der Waals surface area contributed by atoms with Crippen molar-refractivity contribution in [3.05, 3.63) is 50.6 Å². The molecule has 0 aliphatic carbocycles. The van der Waals surface area contributed by atoms with Crippen LogP contribution in [0.4, 0.5) is 5.69 Å². The third-order valence-electron chi connectivity index (χ3n) is 3.39. The van der Waals surface area contributed by atoms with Gasteiger partial charge in [0.15, 0.2) is 0 Å². The molecule has 1 heterocycles. The third kappa shape index (κ3) is 3.96. The quantitative estimate of drug-likeness (QED) is 0.820. The van der Waals surface area contributed by atoms with E-state index < -0.39 is 11.4 Å². The number of thiophene rings is 1. The summed E-state index contributed by atoms with van der Waals surface area (Å²) < 4.78 is 0.996. The molecule has 2 rings (SSSR count). The Kier molecular flexibility index (Phi) is 5.03. The summed E-state index contributed by atoms with van der Waals surface area (Å²) in [4.78, 5) is 24.2. The van der Waals surface area contributed by atoms with Crippen LogP contribution in [0.5, 0.6) is 0 Å². The van der Waals surface area contributed by atoms with Gasteiger partial charge in [-0.25, -0.2) is 0 Å². The van der Waals surface area contributed by atoms with Gasteiger partial charge in [0.1, 0.15) is 0 Å². The fraction of sp³-hybridized carbons (Fsp3) is 0.250. The predicted octanol–water partition coefficient (Wildman–Crippen LogP) is 4.05. The summed E-state index contributed by atoms with van der Waals surface area (Å²) in [6.45, 7) is 3.30. The molecule has 0 fully saturated rings. The molecule has 2 aromatic rings. The predicted molar refractivity (Wildman–Crippen MR) is 91.5 cm³/mol. The van der Waals surface area contributed by atoms with Gasteiger partial charge in [0.25, 0.3) is 0 Å². The van der Waals surface area contributed by atoms with Crippen LogP contribution >= 0.6 is 27.3 Å². The second-order valence-electron chi connectivity index (χ2n) is 5.44. The molecule has 0 bridgehead atoms. The zero-order valence-electron chi connectivity index (χ0n) is 12.2. The van der Waals surface area contributed by atoms with E-state index in [0.29, 0.717) is 17.7 Å². The smallest absolute Gasteiger partial charge is 0.313 e. The van der Waals surface area contributed by atoms with Crippen LogP contribution in [0.1, 0.15) is 24.3 Å². The summed E-state index contributed by atoms with van der Waals surface area (Å²) >= 11 is 4.89. The lowest BCUT2D eigenvalue weighted by molar-refractivity contribution is -0.142. The maximum absolute atomic E-state index is 12.0. The number of carbonyl (C=O) groups is 2. The number of aliphatic carboxylic acids is 1. The number of carboxylic acids is 1. The van der Waals surface area contributed by atoms with Crippen LogP contribution in [-0.2, 0) is 21.4 Å². The van der Waals surface area contributed by atoms with Crippen molar-refractivity contribution < 1.29 is 14.7 Å². The highest BCUT2D eigenvalue weighted by molar-refractivity contribution is 9.11. The summed E-state index contributed by atoms with van der Waals surface area (Å²) in [5.41, 5.74) is 0.400. The van der Waals surface area contributed by atoms with E-state index >= 15 is 0 Å². The minimum atomic E-state index is -0.953. The lowest BCUT2D eigenvalue weighted by Crippen LogP contribution is -2.28. The van der Waals surface area contributed by atoms with Crippen molar-refractivity contribution in [1.82, 2.24) is 0 Å². The highest BCUT2D eigenvalue weighted by Gasteiger charge is 2.29. The van der Waals surface area contributed by atoms with Crippen molar-refractivity contribution in [2.45, 2.75) is 25.7 Å². The first-order valence-corrected chi connectivity index (χ1v) is 8.28. The molecule has 1 amide bonds. The first kappa shape index (κ1) is 16.7. The lowest BCUT2D eigenvalue weighted by Gasteiger charge is -2.19. The number of hydrogen-bond acceptors (Lipinski definition) is 3. The molecule has 0 aliphatic heterocycles. The first-order chi connectivity index (χ1) is 10.3. The van der Waals surface area contributed by atoms with Crippen molar-refractivity contribution in [2.24, 2.45) is 0 Å². The third-order valence-corrected chi connectivity index (χ3v) is 5.01. The molecule has 0 spiro atoms. The zero-order valence-corrected chi connectivity index (χ0v) is 14.6. The molecule has 0 atom stereocenters. The van der Waals surface area contributed by atoms with Crippen LogP contribution in [0.3, 0.4) is 0 Å². The van der Waals surface area contributed by atoms with Crippen LogP contribution in [0, 0.1) is 0 Å². The standard InChI is InChI=1S/C16H16BrNO3S/c1-16(2,15(20)21)10-3-5-11(6-4-10)18-14(19)9-12-7-8-13(17)22-12/h3-8H,9H2,1-2H3,(H,18,19)(H,20,21). The number of nitrogens with one attached hydrogen (secondary N) is 1. The SMILES string of the molecule is CC(C)(C(=O)O)c1ccc(NC(=O)Cc2ccc(Br)s2)cc1. The van der Waals surface area contributed by atoms with Crippen LogP contribution in [0.15, 0.2) is 40.2 Å². The van der Waals surface area contributed by atoms with Crippen molar-refractivity contribution in [3.63, 3.8) is 0 Å². The number of carbonyl (C=O) groups excluding carboxylic acids is 1. The lowest BCUT2D eigenvalue weighted by atomic mass is 9.85. The Morgan fingerprint density at radius 2 is 1.82 bits per heavy atom. The Balaban J connectivity index is 2.02. The van der Waals surface area contributed by atoms with Gasteiger partial charge >= 0.3 is 5.97 Å². The van der Waals surface area contributed by atoms with Gasteiger partial charge in [0.2, 0.25) is 5.91 Å². The van der Waals surface area contributed by atoms with E-state index in [4.69, 9.17) is 0 Å². The van der Waals surface area contributed by atoms with E-state index in [1.54, 1.807) is 38.1 Å². The maximum Gasteiger partial charge on any atom is 0.313 e. The van der Waals surface area contributed by atoms with Crippen LogP contribution < -0.4 is 5.32 Å². The van der Waals surface area contributed by atoms with Crippen LogP contribution in [0.2, 0.25) is 0 Å². The molecule has 116 valence electrons. The van der Waals surface area contributed by atoms with Gasteiger partial charge in [0.05, 0.1) is 15.6 Å². The number of amides is 1. The van der Waals surface area contributed by atoms with Gasteiger partial charge in [-0.1, -0.05) is 12.1 Å². The van der Waals surface area contributed by atoms with Crippen molar-refractivity contribution in [3.8, 4) is 0 Å². The molecule has 4 nitrogen and oxygen atoms in total. The average Bonchev–Trinajstić information content (AvgIpc) is 2.84. The second-order valence-corrected chi connectivity index (χ2v) is 7.99. The summed E-state index contributed by atoms with van der Waals surface area (Å²) in [6, 6.07) is 10.7. The van der Waals surface area contributed by atoms with Gasteiger partial charge in [-0.3, -0.25) is 9.59 Å². The summed E-state index contributed by atoms with van der Waals surface area (Å²) in [6.07, 6.45) is 0.318. The largest absolute Gasteiger partial charge is 0.481 e. The van der Waals surface area contributed by atoms with Gasteiger partial charge in [-0.05, 0) is 59.6 Å². The topological polar surface area (TPSA) is 66.4 Å². The number of halogens is 1. The van der Waals surface area contributed by atoms with E-state index in [2.05, 4.69) is 21.2 Å². The minimum Gasteiger partial charge on any atom is -0.481 e. The Morgan fingerprint density at radius 1 is 1.18 bits per heavy atom. The Labute approximate surface area is 141 Å². The maximum atomic E-state index is 12.0. The number of rotatable bonds is 5. The molecule has 0 aliphatic rings. The molecule has 0 unspecified atom stereocenters. The fourth-order valence-electron chi connectivity index (χ4n) is 1.90. The van der Waals surface area contributed by atoms with E-state index in [0.717, 1.165) is 8.66 Å². The van der Waals surface area contributed by atoms with Gasteiger partial charge < -0.3 is 10.4 Å². The Morgan fingerprint density at radius 3 is 2.32 bits per heavy atom. The minimum absolute atomic E-state index is 0.0976. The molecule has 1 aromatic carbocycles. The van der Waals surface area contributed by atoms with Crippen LogP contribution in [0.25, 0.3) is 0 Å². The highest BCUT2D eigenvalue weighted by Crippen LogP contribution is 2.25. The summed E-state index contributed by atoms with van der Waals surface area (Å²) in [5, 5.41) is 12.0. The molecule has 0 saturated heterocycles. The Bertz CT molecular complexity index is 692. The second kappa shape index (κ2) is 6.62. The molecular formula is C16H16BrNO3S. The first-order valence-electron chi connectivity index (χ1n) is 6.67. The summed E-state index contributed by atoms with van der Waals surface area (Å²) in [7, 11) is 0. The highest BCUT2D eigenvalue weighted by atomic mass is 79.9. The van der Waals surface area contributed by atoms with Crippen LogP contribution in [-0.4, -0.2) is 17.0 Å². The number of anilines is 1. The fourth-order valence-corrected chi connectivity index (χ4v) is 3.39. The van der Waals surface area contributed by atoms with E-state index in [1.165, 1.54) is 11.3 Å². The van der Waals surface area contributed by atoms with Gasteiger partial charge in [0, 0.05) is 10.6 Å². The molecule has 1 aromatic heterocycles. The molecular weight excluding hydrogens is 366 g/mol. The van der Waals surface area contributed by atoms with E-state index in [-0.39, 0.29) is 5.91 Å². The van der Waals surface area contributed by atoms with E-state index in [9.17, 15) is 14.7 Å². The van der Waals surface area contributed by atoms with Crippen molar-refractivity contribution in [1.29, 1.82) is 0 Å². The molecule has 2 N–H and O–H groups in total. The molecule has 0 radical (unpaired) electrons. The Hall–Kier alpha value is -1.66. The zero-order chi connectivity index (χ0) is 16.3. The average molecular weight is 382 g/mol. The summed E-state index contributed by atoms with van der Waals surface area (Å²) in [5.74, 6) is -0.979. The van der Waals surface area contributed by atoms with Gasteiger partial charge in [-0.2, -0.15) is 0 Å². The van der Waals surface area contributed by atoms with Crippen molar-refractivity contribution >= 4 is 44.8 Å².